The van der Waals surface area contributed by atoms with Gasteiger partial charge in [-0.3, -0.25) is 0 Å². The first-order valence-electron chi connectivity index (χ1n) is 12.3. The quantitative estimate of drug-likeness (QED) is 0.135. The van der Waals surface area contributed by atoms with Gasteiger partial charge in [-0.05, 0) is 80.4 Å². The van der Waals surface area contributed by atoms with E-state index in [0.717, 1.165) is 24.2 Å². The SMILES string of the molecule is CCCCOc1ccc(C2=N/C(=C\c3ccc(OS(=O)(=O)c4ccc(C)cc4)c(OCC)c3)C(=O)O2)cc1. The summed E-state index contributed by atoms with van der Waals surface area (Å²) in [6, 6.07) is 18.2. The zero-order chi connectivity index (χ0) is 27.1. The van der Waals surface area contributed by atoms with Crippen LogP contribution in [0, 0.1) is 6.92 Å². The van der Waals surface area contributed by atoms with Crippen molar-refractivity contribution in [2.24, 2.45) is 4.99 Å². The molecule has 0 saturated heterocycles. The van der Waals surface area contributed by atoms with Crippen LogP contribution in [-0.2, 0) is 19.6 Å². The molecule has 0 saturated carbocycles. The lowest BCUT2D eigenvalue weighted by molar-refractivity contribution is -0.129. The fraction of sp³-hybridized carbons (Fsp3) is 0.241. The van der Waals surface area contributed by atoms with Crippen LogP contribution in [0.4, 0.5) is 0 Å². The van der Waals surface area contributed by atoms with Crippen LogP contribution in [0.5, 0.6) is 17.2 Å². The van der Waals surface area contributed by atoms with Gasteiger partial charge in [-0.2, -0.15) is 8.42 Å². The molecule has 4 rings (SSSR count). The Balaban J connectivity index is 1.54. The molecule has 0 bridgehead atoms. The summed E-state index contributed by atoms with van der Waals surface area (Å²) in [7, 11) is -4.06. The number of unbranched alkanes of at least 4 members (excludes halogenated alkanes) is 1. The molecule has 1 heterocycles. The minimum Gasteiger partial charge on any atom is -0.494 e. The Kier molecular flexibility index (Phi) is 8.48. The number of rotatable bonds is 11. The van der Waals surface area contributed by atoms with Crippen molar-refractivity contribution in [3.05, 3.63) is 89.1 Å². The van der Waals surface area contributed by atoms with E-state index in [4.69, 9.17) is 18.4 Å². The van der Waals surface area contributed by atoms with Crippen molar-refractivity contribution in [3.8, 4) is 17.2 Å². The molecule has 0 fully saturated rings. The van der Waals surface area contributed by atoms with E-state index in [1.165, 1.54) is 18.2 Å². The maximum absolute atomic E-state index is 12.8. The van der Waals surface area contributed by atoms with Gasteiger partial charge in [0.15, 0.2) is 17.2 Å². The van der Waals surface area contributed by atoms with Gasteiger partial charge in [0.2, 0.25) is 5.90 Å². The highest BCUT2D eigenvalue weighted by molar-refractivity contribution is 7.87. The van der Waals surface area contributed by atoms with E-state index in [9.17, 15) is 13.2 Å². The molecule has 8 nitrogen and oxygen atoms in total. The van der Waals surface area contributed by atoms with E-state index < -0.39 is 16.1 Å². The normalized spacial score (nSPS) is 14.2. The van der Waals surface area contributed by atoms with Gasteiger partial charge >= 0.3 is 16.1 Å². The lowest BCUT2D eigenvalue weighted by atomic mass is 10.1. The number of hydrogen-bond donors (Lipinski definition) is 0. The first kappa shape index (κ1) is 26.9. The molecule has 3 aromatic carbocycles. The third kappa shape index (κ3) is 6.60. The number of carbonyl (C=O) groups is 1. The summed E-state index contributed by atoms with van der Waals surface area (Å²) in [5.41, 5.74) is 2.24. The second kappa shape index (κ2) is 12.0. The molecule has 0 radical (unpaired) electrons. The number of benzene rings is 3. The molecular formula is C29H29NO7S. The topological polar surface area (TPSA) is 100 Å². The van der Waals surface area contributed by atoms with Gasteiger partial charge < -0.3 is 18.4 Å². The van der Waals surface area contributed by atoms with Crippen LogP contribution < -0.4 is 13.7 Å². The Morgan fingerprint density at radius 2 is 1.66 bits per heavy atom. The summed E-state index contributed by atoms with van der Waals surface area (Å²) >= 11 is 0. The van der Waals surface area contributed by atoms with E-state index in [1.54, 1.807) is 61.5 Å². The fourth-order valence-electron chi connectivity index (χ4n) is 3.54. The molecule has 1 aliphatic heterocycles. The van der Waals surface area contributed by atoms with Crippen molar-refractivity contribution in [1.29, 1.82) is 0 Å². The molecule has 0 spiro atoms. The summed E-state index contributed by atoms with van der Waals surface area (Å²) < 4.78 is 47.5. The fourth-order valence-corrected chi connectivity index (χ4v) is 4.48. The monoisotopic (exact) mass is 535 g/mol. The van der Waals surface area contributed by atoms with E-state index in [2.05, 4.69) is 11.9 Å². The van der Waals surface area contributed by atoms with Gasteiger partial charge in [-0.1, -0.05) is 37.1 Å². The standard InChI is InChI=1S/C29H29NO7S/c1-4-6-17-35-23-12-10-22(11-13-23)28-30-25(29(31)36-28)18-21-9-16-26(27(19-21)34-5-2)37-38(32,33)24-14-7-20(3)8-15-24/h7-16,18-19H,4-6,17H2,1-3H3/b25-18-. The molecule has 0 amide bonds. The number of cyclic esters (lactones) is 1. The van der Waals surface area contributed by atoms with Crippen LogP contribution in [0.3, 0.4) is 0 Å². The summed E-state index contributed by atoms with van der Waals surface area (Å²) in [6.07, 6.45) is 3.56. The molecule has 0 aromatic heterocycles. The maximum Gasteiger partial charge on any atom is 0.363 e. The third-order valence-electron chi connectivity index (χ3n) is 5.57. The number of hydrogen-bond acceptors (Lipinski definition) is 8. The minimum atomic E-state index is -4.06. The molecule has 0 unspecified atom stereocenters. The van der Waals surface area contributed by atoms with Gasteiger partial charge in [-0.15, -0.1) is 0 Å². The first-order chi connectivity index (χ1) is 18.3. The highest BCUT2D eigenvalue weighted by atomic mass is 32.2. The molecule has 3 aromatic rings. The van der Waals surface area contributed by atoms with Gasteiger partial charge in [0.1, 0.15) is 10.6 Å². The van der Waals surface area contributed by atoms with E-state index in [-0.39, 0.29) is 34.6 Å². The summed E-state index contributed by atoms with van der Waals surface area (Å²) in [5.74, 6) is 0.581. The third-order valence-corrected chi connectivity index (χ3v) is 6.82. The summed E-state index contributed by atoms with van der Waals surface area (Å²) in [5, 5.41) is 0. The smallest absolute Gasteiger partial charge is 0.363 e. The van der Waals surface area contributed by atoms with Crippen LogP contribution >= 0.6 is 0 Å². The maximum atomic E-state index is 12.8. The van der Waals surface area contributed by atoms with Crippen LogP contribution in [0.2, 0.25) is 0 Å². The van der Waals surface area contributed by atoms with Gasteiger partial charge in [-0.25, -0.2) is 9.79 Å². The lowest BCUT2D eigenvalue weighted by Crippen LogP contribution is -2.11. The Morgan fingerprint density at radius 1 is 0.921 bits per heavy atom. The zero-order valence-corrected chi connectivity index (χ0v) is 22.3. The minimum absolute atomic E-state index is 0.0351. The largest absolute Gasteiger partial charge is 0.494 e. The average Bonchev–Trinajstić information content (AvgIpc) is 3.26. The van der Waals surface area contributed by atoms with E-state index >= 15 is 0 Å². The number of aryl methyl sites for hydroxylation is 1. The van der Waals surface area contributed by atoms with Crippen molar-refractivity contribution >= 4 is 28.1 Å². The number of aliphatic imine (C=N–C) groups is 1. The molecule has 0 aliphatic carbocycles. The number of esters is 1. The van der Waals surface area contributed by atoms with Crippen LogP contribution in [0.25, 0.3) is 6.08 Å². The molecule has 198 valence electrons. The van der Waals surface area contributed by atoms with Crippen LogP contribution in [-0.4, -0.2) is 33.5 Å². The lowest BCUT2D eigenvalue weighted by Gasteiger charge is -2.12. The predicted molar refractivity (Wildman–Crippen MR) is 144 cm³/mol. The molecule has 0 N–H and O–H groups in total. The first-order valence-corrected chi connectivity index (χ1v) is 13.7. The van der Waals surface area contributed by atoms with Crippen molar-refractivity contribution in [2.45, 2.75) is 38.5 Å². The Bertz CT molecular complexity index is 1460. The van der Waals surface area contributed by atoms with Crippen molar-refractivity contribution < 1.29 is 31.6 Å². The second-order valence-electron chi connectivity index (χ2n) is 8.55. The highest BCUT2D eigenvalue weighted by Crippen LogP contribution is 2.32. The van der Waals surface area contributed by atoms with Gasteiger partial charge in [0.05, 0.1) is 13.2 Å². The molecular weight excluding hydrogens is 506 g/mol. The van der Waals surface area contributed by atoms with Crippen LogP contribution in [0.15, 0.2) is 82.3 Å². The second-order valence-corrected chi connectivity index (χ2v) is 10.1. The molecule has 1 aliphatic rings. The van der Waals surface area contributed by atoms with Crippen molar-refractivity contribution in [3.63, 3.8) is 0 Å². The van der Waals surface area contributed by atoms with Gasteiger partial charge in [0, 0.05) is 5.56 Å². The number of ether oxygens (including phenoxy) is 3. The summed E-state index contributed by atoms with van der Waals surface area (Å²) in [6.45, 7) is 6.66. The van der Waals surface area contributed by atoms with E-state index in [1.807, 2.05) is 6.92 Å². The Morgan fingerprint density at radius 3 is 2.34 bits per heavy atom. The number of carbonyl (C=O) groups excluding carboxylic acids is 1. The van der Waals surface area contributed by atoms with Crippen molar-refractivity contribution in [2.75, 3.05) is 13.2 Å². The zero-order valence-electron chi connectivity index (χ0n) is 21.5. The Hall–Kier alpha value is -4.11. The van der Waals surface area contributed by atoms with Gasteiger partial charge in [0.25, 0.3) is 0 Å². The van der Waals surface area contributed by atoms with Crippen LogP contribution in [0.1, 0.15) is 43.4 Å². The highest BCUT2D eigenvalue weighted by Gasteiger charge is 2.25. The van der Waals surface area contributed by atoms with Crippen molar-refractivity contribution in [1.82, 2.24) is 0 Å². The molecule has 38 heavy (non-hydrogen) atoms. The molecule has 9 heteroatoms. The summed E-state index contributed by atoms with van der Waals surface area (Å²) in [4.78, 5) is 16.9. The molecule has 0 atom stereocenters. The average molecular weight is 536 g/mol. The predicted octanol–water partition coefficient (Wildman–Crippen LogP) is 5.68. The van der Waals surface area contributed by atoms with E-state index in [0.29, 0.717) is 17.7 Å². The Labute approximate surface area is 222 Å². The number of nitrogens with zero attached hydrogens (tertiary/aromatic N) is 1.